The molecule has 1 fully saturated rings. The number of guanidine groups is 1. The van der Waals surface area contributed by atoms with Crippen molar-refractivity contribution in [3.63, 3.8) is 0 Å². The number of rotatable bonds is 3. The predicted octanol–water partition coefficient (Wildman–Crippen LogP) is 0.494. The van der Waals surface area contributed by atoms with Crippen molar-refractivity contribution in [3.05, 3.63) is 23.8 Å². The summed E-state index contributed by atoms with van der Waals surface area (Å²) in [7, 11) is -3.57. The Bertz CT molecular complexity index is 703. The van der Waals surface area contributed by atoms with Crippen LogP contribution in [-0.2, 0) is 9.84 Å². The molecule has 0 radical (unpaired) electrons. The molecule has 1 saturated heterocycles. The Morgan fingerprint density at radius 2 is 1.82 bits per heavy atom. The number of carbonyl (C=O) groups excluding carboxylic acids is 1. The molecule has 0 atom stereocenters. The number of nitrogens with zero attached hydrogens (tertiary/aromatic N) is 2. The zero-order chi connectivity index (χ0) is 16.3. The highest BCUT2D eigenvalue weighted by molar-refractivity contribution is 7.90. The summed E-state index contributed by atoms with van der Waals surface area (Å²) < 4.78 is 24.0. The Kier molecular flexibility index (Phi) is 4.70. The minimum Gasteiger partial charge on any atom is -0.372 e. The highest BCUT2D eigenvalue weighted by Crippen LogP contribution is 2.26. The van der Waals surface area contributed by atoms with Crippen molar-refractivity contribution >= 4 is 27.4 Å². The lowest BCUT2D eigenvalue weighted by Gasteiger charge is -2.29. The van der Waals surface area contributed by atoms with E-state index < -0.39 is 21.7 Å². The Hall–Kier alpha value is -2.09. The fourth-order valence-electron chi connectivity index (χ4n) is 2.52. The molecular formula is C14H20N4O3S. The SMILES string of the molecule is CS(=O)(=O)c1cc(N2CCCCC2)ccc1C(=O)N=C(N)N. The average molecular weight is 324 g/mol. The number of piperidine rings is 1. The minimum absolute atomic E-state index is 0.0170. The number of carbonyl (C=O) groups is 1. The van der Waals surface area contributed by atoms with Crippen LogP contribution < -0.4 is 16.4 Å². The van der Waals surface area contributed by atoms with Gasteiger partial charge >= 0.3 is 0 Å². The Balaban J connectivity index is 2.47. The number of hydrogen-bond donors (Lipinski definition) is 2. The number of anilines is 1. The van der Waals surface area contributed by atoms with E-state index in [1.165, 1.54) is 18.6 Å². The van der Waals surface area contributed by atoms with Gasteiger partial charge in [-0.1, -0.05) is 0 Å². The van der Waals surface area contributed by atoms with Gasteiger partial charge in [-0.2, -0.15) is 4.99 Å². The summed E-state index contributed by atoms with van der Waals surface area (Å²) in [5, 5.41) is 0. The molecule has 1 aliphatic rings. The summed E-state index contributed by atoms with van der Waals surface area (Å²) in [6.45, 7) is 1.76. The van der Waals surface area contributed by atoms with Crippen LogP contribution in [0.5, 0.6) is 0 Å². The number of amides is 1. The molecule has 7 nitrogen and oxygen atoms in total. The number of hydrogen-bond acceptors (Lipinski definition) is 4. The zero-order valence-corrected chi connectivity index (χ0v) is 13.3. The molecule has 1 heterocycles. The number of benzene rings is 1. The summed E-state index contributed by atoms with van der Waals surface area (Å²) in [6.07, 6.45) is 4.39. The molecule has 120 valence electrons. The Labute approximate surface area is 129 Å². The summed E-state index contributed by atoms with van der Waals surface area (Å²) in [4.78, 5) is 17.5. The van der Waals surface area contributed by atoms with E-state index in [1.807, 2.05) is 0 Å². The maximum Gasteiger partial charge on any atom is 0.281 e. The topological polar surface area (TPSA) is 119 Å². The second kappa shape index (κ2) is 6.35. The smallest absolute Gasteiger partial charge is 0.281 e. The molecule has 1 aliphatic heterocycles. The van der Waals surface area contributed by atoms with Crippen molar-refractivity contribution in [1.29, 1.82) is 0 Å². The maximum absolute atomic E-state index is 12.0. The third kappa shape index (κ3) is 3.76. The molecule has 0 bridgehead atoms. The summed E-state index contributed by atoms with van der Waals surface area (Å²) >= 11 is 0. The van der Waals surface area contributed by atoms with Crippen LogP contribution in [0.15, 0.2) is 28.1 Å². The van der Waals surface area contributed by atoms with Crippen LogP contribution in [0.3, 0.4) is 0 Å². The lowest BCUT2D eigenvalue weighted by molar-refractivity contribution is 0.0999. The second-order valence-corrected chi connectivity index (χ2v) is 7.33. The average Bonchev–Trinajstić information content (AvgIpc) is 2.46. The van der Waals surface area contributed by atoms with E-state index in [2.05, 4.69) is 9.89 Å². The van der Waals surface area contributed by atoms with E-state index in [0.717, 1.165) is 37.9 Å². The largest absolute Gasteiger partial charge is 0.372 e. The van der Waals surface area contributed by atoms with Gasteiger partial charge in [0.05, 0.1) is 10.5 Å². The minimum atomic E-state index is -3.57. The predicted molar refractivity (Wildman–Crippen MR) is 85.8 cm³/mol. The normalized spacial score (nSPS) is 15.4. The van der Waals surface area contributed by atoms with E-state index in [1.54, 1.807) is 6.07 Å². The zero-order valence-electron chi connectivity index (χ0n) is 12.4. The molecule has 22 heavy (non-hydrogen) atoms. The molecule has 0 aromatic heterocycles. The van der Waals surface area contributed by atoms with Crippen molar-refractivity contribution in [2.75, 3.05) is 24.2 Å². The summed E-state index contributed by atoms with van der Waals surface area (Å²) in [5.74, 6) is -1.16. The lowest BCUT2D eigenvalue weighted by Crippen LogP contribution is -2.29. The van der Waals surface area contributed by atoms with Gasteiger partial charge in [-0.05, 0) is 37.5 Å². The molecule has 0 unspecified atom stereocenters. The van der Waals surface area contributed by atoms with E-state index in [9.17, 15) is 13.2 Å². The van der Waals surface area contributed by atoms with E-state index in [-0.39, 0.29) is 10.5 Å². The van der Waals surface area contributed by atoms with Gasteiger partial charge in [-0.25, -0.2) is 8.42 Å². The quantitative estimate of drug-likeness (QED) is 0.617. The number of sulfone groups is 1. The molecule has 0 aliphatic carbocycles. The van der Waals surface area contributed by atoms with Crippen molar-refractivity contribution in [2.45, 2.75) is 24.2 Å². The first-order valence-electron chi connectivity index (χ1n) is 7.02. The van der Waals surface area contributed by atoms with Gasteiger partial charge in [0, 0.05) is 25.0 Å². The van der Waals surface area contributed by atoms with Crippen molar-refractivity contribution in [1.82, 2.24) is 0 Å². The fraction of sp³-hybridized carbons (Fsp3) is 0.429. The first-order chi connectivity index (χ1) is 10.3. The van der Waals surface area contributed by atoms with Crippen LogP contribution in [-0.4, -0.2) is 39.6 Å². The standard InChI is InChI=1S/C14H20N4O3S/c1-22(20,21)12-9-10(18-7-3-2-4-8-18)5-6-11(12)13(19)17-14(15)16/h5-6,9H,2-4,7-8H2,1H3,(H4,15,16,17,19). The molecule has 8 heteroatoms. The van der Waals surface area contributed by atoms with Crippen LogP contribution in [0.1, 0.15) is 29.6 Å². The summed E-state index contributed by atoms with van der Waals surface area (Å²) in [6, 6.07) is 4.72. The van der Waals surface area contributed by atoms with Gasteiger partial charge in [-0.3, -0.25) is 4.79 Å². The van der Waals surface area contributed by atoms with Crippen LogP contribution in [0, 0.1) is 0 Å². The van der Waals surface area contributed by atoms with Gasteiger partial charge in [-0.15, -0.1) is 0 Å². The van der Waals surface area contributed by atoms with Gasteiger partial charge in [0.25, 0.3) is 5.91 Å². The van der Waals surface area contributed by atoms with Crippen LogP contribution in [0.25, 0.3) is 0 Å². The van der Waals surface area contributed by atoms with Gasteiger partial charge in [0.2, 0.25) is 0 Å². The van der Waals surface area contributed by atoms with Gasteiger partial charge in [0.15, 0.2) is 15.8 Å². The molecule has 0 spiro atoms. The van der Waals surface area contributed by atoms with Crippen molar-refractivity contribution in [2.24, 2.45) is 16.5 Å². The number of aliphatic imine (C=N–C) groups is 1. The molecule has 0 saturated carbocycles. The monoisotopic (exact) mass is 324 g/mol. The molecule has 1 aromatic carbocycles. The molecule has 1 amide bonds. The van der Waals surface area contributed by atoms with Crippen LogP contribution in [0.2, 0.25) is 0 Å². The van der Waals surface area contributed by atoms with Crippen LogP contribution in [0.4, 0.5) is 5.69 Å². The lowest BCUT2D eigenvalue weighted by atomic mass is 10.1. The van der Waals surface area contributed by atoms with Crippen molar-refractivity contribution < 1.29 is 13.2 Å². The third-order valence-electron chi connectivity index (χ3n) is 3.55. The second-order valence-electron chi connectivity index (χ2n) is 5.34. The highest BCUT2D eigenvalue weighted by Gasteiger charge is 2.21. The summed E-state index contributed by atoms with van der Waals surface area (Å²) in [5.41, 5.74) is 11.1. The highest BCUT2D eigenvalue weighted by atomic mass is 32.2. The fourth-order valence-corrected chi connectivity index (χ4v) is 3.41. The Morgan fingerprint density at radius 3 is 2.36 bits per heavy atom. The first-order valence-corrected chi connectivity index (χ1v) is 8.91. The number of nitrogens with two attached hydrogens (primary N) is 2. The Morgan fingerprint density at radius 1 is 1.18 bits per heavy atom. The van der Waals surface area contributed by atoms with E-state index >= 15 is 0 Å². The first kappa shape index (κ1) is 16.3. The van der Waals surface area contributed by atoms with Gasteiger partial charge < -0.3 is 16.4 Å². The molecule has 1 aromatic rings. The van der Waals surface area contributed by atoms with E-state index in [4.69, 9.17) is 11.5 Å². The molecular weight excluding hydrogens is 304 g/mol. The molecule has 4 N–H and O–H groups in total. The van der Waals surface area contributed by atoms with Crippen molar-refractivity contribution in [3.8, 4) is 0 Å². The third-order valence-corrected chi connectivity index (χ3v) is 4.68. The molecule has 2 rings (SSSR count). The van der Waals surface area contributed by atoms with E-state index in [0.29, 0.717) is 0 Å². The maximum atomic E-state index is 12.0. The van der Waals surface area contributed by atoms with Crippen LogP contribution >= 0.6 is 0 Å². The van der Waals surface area contributed by atoms with Gasteiger partial charge in [0.1, 0.15) is 0 Å².